The molecular formula is C14H27NO3. The van der Waals surface area contributed by atoms with E-state index in [2.05, 4.69) is 5.32 Å². The van der Waals surface area contributed by atoms with Gasteiger partial charge in [0.25, 0.3) is 0 Å². The SMILES string of the molecule is CC(C)(C)OC(=O)N[C@@H](CO)CC1CCCCC1. The first-order valence-corrected chi connectivity index (χ1v) is 7.01. The molecular weight excluding hydrogens is 230 g/mol. The molecule has 0 bridgehead atoms. The van der Waals surface area contributed by atoms with E-state index in [-0.39, 0.29) is 12.6 Å². The lowest BCUT2D eigenvalue weighted by atomic mass is 9.85. The van der Waals surface area contributed by atoms with Crippen LogP contribution in [0.5, 0.6) is 0 Å². The fourth-order valence-corrected chi connectivity index (χ4v) is 2.48. The van der Waals surface area contributed by atoms with E-state index in [0.29, 0.717) is 5.92 Å². The lowest BCUT2D eigenvalue weighted by Crippen LogP contribution is -2.42. The van der Waals surface area contributed by atoms with E-state index in [1.807, 2.05) is 20.8 Å². The Morgan fingerprint density at radius 3 is 2.44 bits per heavy atom. The summed E-state index contributed by atoms with van der Waals surface area (Å²) in [5.74, 6) is 0.630. The zero-order chi connectivity index (χ0) is 13.6. The Bertz CT molecular complexity index is 254. The van der Waals surface area contributed by atoms with Gasteiger partial charge in [0.2, 0.25) is 0 Å². The van der Waals surface area contributed by atoms with Crippen LogP contribution in [0.25, 0.3) is 0 Å². The van der Waals surface area contributed by atoms with E-state index in [0.717, 1.165) is 6.42 Å². The molecule has 0 aromatic heterocycles. The van der Waals surface area contributed by atoms with Crippen molar-refractivity contribution >= 4 is 6.09 Å². The molecule has 1 aliphatic carbocycles. The van der Waals surface area contributed by atoms with Gasteiger partial charge in [-0.15, -0.1) is 0 Å². The zero-order valence-corrected chi connectivity index (χ0v) is 11.9. The Hall–Kier alpha value is -0.770. The van der Waals surface area contributed by atoms with E-state index in [9.17, 15) is 9.90 Å². The van der Waals surface area contributed by atoms with Crippen LogP contribution in [0.2, 0.25) is 0 Å². The van der Waals surface area contributed by atoms with Gasteiger partial charge < -0.3 is 15.2 Å². The van der Waals surface area contributed by atoms with E-state index in [1.54, 1.807) is 0 Å². The van der Waals surface area contributed by atoms with Crippen LogP contribution in [0.1, 0.15) is 59.3 Å². The molecule has 4 nitrogen and oxygen atoms in total. The monoisotopic (exact) mass is 257 g/mol. The number of hydrogen-bond acceptors (Lipinski definition) is 3. The molecule has 18 heavy (non-hydrogen) atoms. The second-order valence-electron chi connectivity index (χ2n) is 6.27. The highest BCUT2D eigenvalue weighted by Crippen LogP contribution is 2.27. The van der Waals surface area contributed by atoms with Gasteiger partial charge in [0, 0.05) is 0 Å². The summed E-state index contributed by atoms with van der Waals surface area (Å²) < 4.78 is 5.20. The maximum absolute atomic E-state index is 11.6. The van der Waals surface area contributed by atoms with Crippen molar-refractivity contribution in [3.8, 4) is 0 Å². The molecule has 0 aromatic rings. The minimum absolute atomic E-state index is 0.0181. The first-order valence-electron chi connectivity index (χ1n) is 7.01. The van der Waals surface area contributed by atoms with Gasteiger partial charge in [-0.2, -0.15) is 0 Å². The third kappa shape index (κ3) is 6.24. The molecule has 0 heterocycles. The van der Waals surface area contributed by atoms with Gasteiger partial charge in [0.1, 0.15) is 5.60 Å². The van der Waals surface area contributed by atoms with Crippen LogP contribution in [0, 0.1) is 5.92 Å². The largest absolute Gasteiger partial charge is 0.444 e. The fourth-order valence-electron chi connectivity index (χ4n) is 2.48. The predicted octanol–water partition coefficient (Wildman–Crippen LogP) is 2.84. The van der Waals surface area contributed by atoms with Crippen molar-refractivity contribution < 1.29 is 14.6 Å². The third-order valence-corrected chi connectivity index (χ3v) is 3.28. The number of rotatable bonds is 4. The number of carbonyl (C=O) groups is 1. The molecule has 0 unspecified atom stereocenters. The molecule has 1 amide bonds. The summed E-state index contributed by atoms with van der Waals surface area (Å²) in [6.07, 6.45) is 6.72. The van der Waals surface area contributed by atoms with Gasteiger partial charge >= 0.3 is 6.09 Å². The van der Waals surface area contributed by atoms with E-state index in [1.165, 1.54) is 32.1 Å². The number of aliphatic hydroxyl groups is 1. The molecule has 0 aliphatic heterocycles. The number of alkyl carbamates (subject to hydrolysis) is 1. The van der Waals surface area contributed by atoms with Crippen LogP contribution in [0.4, 0.5) is 4.79 Å². The number of carbonyl (C=O) groups excluding carboxylic acids is 1. The van der Waals surface area contributed by atoms with Gasteiger partial charge in [-0.25, -0.2) is 4.79 Å². The molecule has 2 N–H and O–H groups in total. The van der Waals surface area contributed by atoms with Crippen molar-refractivity contribution in [1.82, 2.24) is 5.32 Å². The smallest absolute Gasteiger partial charge is 0.407 e. The number of aliphatic hydroxyl groups excluding tert-OH is 1. The summed E-state index contributed by atoms with van der Waals surface area (Å²) in [6.45, 7) is 5.49. The molecule has 106 valence electrons. The average Bonchev–Trinajstić information content (AvgIpc) is 2.27. The van der Waals surface area contributed by atoms with Crippen LogP contribution >= 0.6 is 0 Å². The standard InChI is InChI=1S/C14H27NO3/c1-14(2,3)18-13(17)15-12(10-16)9-11-7-5-4-6-8-11/h11-12,16H,4-10H2,1-3H3,(H,15,17)/t12-/m1/s1. The van der Waals surface area contributed by atoms with Gasteiger partial charge in [-0.3, -0.25) is 0 Å². The lowest BCUT2D eigenvalue weighted by molar-refractivity contribution is 0.0469. The summed E-state index contributed by atoms with van der Waals surface area (Å²) in [7, 11) is 0. The molecule has 0 spiro atoms. The minimum Gasteiger partial charge on any atom is -0.444 e. The lowest BCUT2D eigenvalue weighted by Gasteiger charge is -2.27. The van der Waals surface area contributed by atoms with Gasteiger partial charge in [0.05, 0.1) is 12.6 Å². The van der Waals surface area contributed by atoms with Gasteiger partial charge in [-0.1, -0.05) is 32.1 Å². The molecule has 0 radical (unpaired) electrons. The van der Waals surface area contributed by atoms with Crippen LogP contribution in [0.3, 0.4) is 0 Å². The predicted molar refractivity (Wildman–Crippen MR) is 71.4 cm³/mol. The van der Waals surface area contributed by atoms with Crippen molar-refractivity contribution in [3.05, 3.63) is 0 Å². The Kier molecular flexibility index (Phi) is 5.93. The highest BCUT2D eigenvalue weighted by molar-refractivity contribution is 5.68. The van der Waals surface area contributed by atoms with E-state index in [4.69, 9.17) is 4.74 Å². The molecule has 0 aromatic carbocycles. The highest BCUT2D eigenvalue weighted by Gasteiger charge is 2.22. The molecule has 1 aliphatic rings. The van der Waals surface area contributed by atoms with E-state index < -0.39 is 11.7 Å². The molecule has 1 saturated carbocycles. The van der Waals surface area contributed by atoms with Crippen LogP contribution in [-0.4, -0.2) is 29.4 Å². The van der Waals surface area contributed by atoms with Crippen molar-refractivity contribution in [2.75, 3.05) is 6.61 Å². The minimum atomic E-state index is -0.491. The van der Waals surface area contributed by atoms with Gasteiger partial charge in [-0.05, 0) is 33.1 Å². The number of ether oxygens (including phenoxy) is 1. The number of amides is 1. The van der Waals surface area contributed by atoms with E-state index >= 15 is 0 Å². The second kappa shape index (κ2) is 6.98. The maximum atomic E-state index is 11.6. The van der Waals surface area contributed by atoms with Crippen LogP contribution in [0.15, 0.2) is 0 Å². The molecule has 4 heteroatoms. The van der Waals surface area contributed by atoms with Crippen LogP contribution < -0.4 is 5.32 Å². The Balaban J connectivity index is 2.34. The number of nitrogens with one attached hydrogen (secondary N) is 1. The normalized spacial score (nSPS) is 19.3. The summed E-state index contributed by atoms with van der Waals surface area (Å²) >= 11 is 0. The first kappa shape index (κ1) is 15.3. The Morgan fingerprint density at radius 1 is 1.33 bits per heavy atom. The summed E-state index contributed by atoms with van der Waals surface area (Å²) in [5.41, 5.74) is -0.491. The quantitative estimate of drug-likeness (QED) is 0.814. The van der Waals surface area contributed by atoms with Crippen molar-refractivity contribution in [2.24, 2.45) is 5.92 Å². The topological polar surface area (TPSA) is 58.6 Å². The zero-order valence-electron chi connectivity index (χ0n) is 11.9. The third-order valence-electron chi connectivity index (χ3n) is 3.28. The maximum Gasteiger partial charge on any atom is 0.407 e. The molecule has 1 fully saturated rings. The summed E-state index contributed by atoms with van der Waals surface area (Å²) in [5, 5.41) is 12.1. The second-order valence-corrected chi connectivity index (χ2v) is 6.27. The van der Waals surface area contributed by atoms with Crippen molar-refractivity contribution in [1.29, 1.82) is 0 Å². The van der Waals surface area contributed by atoms with Crippen molar-refractivity contribution in [3.63, 3.8) is 0 Å². The Labute approximate surface area is 110 Å². The highest BCUT2D eigenvalue weighted by atomic mass is 16.6. The van der Waals surface area contributed by atoms with Crippen LogP contribution in [-0.2, 0) is 4.74 Å². The fraction of sp³-hybridized carbons (Fsp3) is 0.929. The molecule has 1 rings (SSSR count). The molecule has 0 saturated heterocycles. The first-order chi connectivity index (χ1) is 8.40. The summed E-state index contributed by atoms with van der Waals surface area (Å²) in [4.78, 5) is 11.6. The summed E-state index contributed by atoms with van der Waals surface area (Å²) in [6, 6.07) is -0.178. The number of hydrogen-bond donors (Lipinski definition) is 2. The average molecular weight is 257 g/mol. The van der Waals surface area contributed by atoms with Gasteiger partial charge in [0.15, 0.2) is 0 Å². The molecule has 1 atom stereocenters. The Morgan fingerprint density at radius 2 is 1.94 bits per heavy atom. The van der Waals surface area contributed by atoms with Crippen molar-refractivity contribution in [2.45, 2.75) is 70.9 Å².